The van der Waals surface area contributed by atoms with Gasteiger partial charge in [-0.25, -0.2) is 8.42 Å². The maximum atomic E-state index is 12.7. The number of aromatic nitrogens is 1. The van der Waals surface area contributed by atoms with E-state index in [0.717, 1.165) is 26.1 Å². The molecule has 132 valence electrons. The van der Waals surface area contributed by atoms with Crippen molar-refractivity contribution in [3.8, 4) is 0 Å². The molecule has 0 aromatic carbocycles. The summed E-state index contributed by atoms with van der Waals surface area (Å²) in [4.78, 5) is 20.9. The molecule has 0 spiro atoms. The fourth-order valence-corrected chi connectivity index (χ4v) is 4.59. The summed E-state index contributed by atoms with van der Waals surface area (Å²) in [6.45, 7) is 4.22. The van der Waals surface area contributed by atoms with Crippen LogP contribution < -0.4 is 0 Å². The van der Waals surface area contributed by atoms with Gasteiger partial charge in [0.15, 0.2) is 0 Å². The summed E-state index contributed by atoms with van der Waals surface area (Å²) in [5.41, 5.74) is 1.21. The summed E-state index contributed by atoms with van der Waals surface area (Å²) in [6.07, 6.45) is 6.14. The van der Waals surface area contributed by atoms with E-state index in [0.29, 0.717) is 26.1 Å². The van der Waals surface area contributed by atoms with E-state index >= 15 is 0 Å². The van der Waals surface area contributed by atoms with Gasteiger partial charge in [0.05, 0.1) is 6.26 Å². The maximum Gasteiger partial charge on any atom is 0.241 e. The summed E-state index contributed by atoms with van der Waals surface area (Å²) in [7, 11) is -3.32. The number of amides is 1. The van der Waals surface area contributed by atoms with Crippen molar-refractivity contribution < 1.29 is 13.2 Å². The number of nitrogens with zero attached hydrogens (tertiary/aromatic N) is 4. The van der Waals surface area contributed by atoms with Crippen molar-refractivity contribution in [2.24, 2.45) is 0 Å². The summed E-state index contributed by atoms with van der Waals surface area (Å²) in [6, 6.07) is 3.49. The minimum atomic E-state index is -3.32. The van der Waals surface area contributed by atoms with Crippen LogP contribution in [-0.4, -0.2) is 78.4 Å². The Balaban J connectivity index is 1.55. The molecule has 0 bridgehead atoms. The van der Waals surface area contributed by atoms with Crippen molar-refractivity contribution in [1.29, 1.82) is 0 Å². The Morgan fingerprint density at radius 2 is 1.83 bits per heavy atom. The van der Waals surface area contributed by atoms with E-state index in [1.165, 1.54) is 16.1 Å². The van der Waals surface area contributed by atoms with Crippen LogP contribution in [0.1, 0.15) is 18.4 Å². The zero-order valence-electron chi connectivity index (χ0n) is 14.0. The first-order valence-electron chi connectivity index (χ1n) is 8.32. The van der Waals surface area contributed by atoms with Gasteiger partial charge in [-0.05, 0) is 30.5 Å². The first-order chi connectivity index (χ1) is 11.4. The molecule has 2 aliphatic rings. The van der Waals surface area contributed by atoms with Crippen molar-refractivity contribution in [3.63, 3.8) is 0 Å². The number of sulfonamides is 1. The van der Waals surface area contributed by atoms with Crippen molar-refractivity contribution in [2.75, 3.05) is 39.0 Å². The minimum Gasteiger partial charge on any atom is -0.339 e. The SMILES string of the molecule is CS(=O)(=O)N1CCCC1C(=O)N1CCN(Cc2ccncc2)CC1. The second-order valence-electron chi connectivity index (χ2n) is 6.49. The van der Waals surface area contributed by atoms with Crippen LogP contribution in [0.25, 0.3) is 0 Å². The summed E-state index contributed by atoms with van der Waals surface area (Å²) in [5, 5.41) is 0. The van der Waals surface area contributed by atoms with Gasteiger partial charge in [-0.2, -0.15) is 4.31 Å². The highest BCUT2D eigenvalue weighted by Crippen LogP contribution is 2.23. The number of carbonyl (C=O) groups excluding carboxylic acids is 1. The second-order valence-corrected chi connectivity index (χ2v) is 8.42. The Hall–Kier alpha value is -1.51. The zero-order chi connectivity index (χ0) is 17.2. The van der Waals surface area contributed by atoms with Crippen molar-refractivity contribution in [2.45, 2.75) is 25.4 Å². The van der Waals surface area contributed by atoms with Gasteiger partial charge < -0.3 is 4.90 Å². The van der Waals surface area contributed by atoms with Gasteiger partial charge in [-0.1, -0.05) is 0 Å². The third-order valence-corrected chi connectivity index (χ3v) is 6.04. The lowest BCUT2D eigenvalue weighted by molar-refractivity contribution is -0.136. The normalized spacial score (nSPS) is 23.5. The lowest BCUT2D eigenvalue weighted by atomic mass is 10.1. The molecule has 1 aromatic rings. The minimum absolute atomic E-state index is 0.0403. The zero-order valence-corrected chi connectivity index (χ0v) is 14.8. The average molecular weight is 352 g/mol. The van der Waals surface area contributed by atoms with E-state index in [-0.39, 0.29) is 5.91 Å². The molecule has 0 N–H and O–H groups in total. The molecule has 2 fully saturated rings. The monoisotopic (exact) mass is 352 g/mol. The summed E-state index contributed by atoms with van der Waals surface area (Å²) >= 11 is 0. The summed E-state index contributed by atoms with van der Waals surface area (Å²) in [5.74, 6) is -0.0403. The smallest absolute Gasteiger partial charge is 0.241 e. The molecule has 3 rings (SSSR count). The number of piperazine rings is 1. The standard InChI is InChI=1S/C16H24N4O3S/c1-24(22,23)20-8-2-3-15(20)16(21)19-11-9-18(10-12-19)13-14-4-6-17-7-5-14/h4-7,15H,2-3,8-13H2,1H3. The third kappa shape index (κ3) is 3.93. The van der Waals surface area contributed by atoms with E-state index in [1.54, 1.807) is 12.4 Å². The van der Waals surface area contributed by atoms with Gasteiger partial charge in [0.1, 0.15) is 6.04 Å². The van der Waals surface area contributed by atoms with Crippen molar-refractivity contribution >= 4 is 15.9 Å². The van der Waals surface area contributed by atoms with Crippen LogP contribution in [0.3, 0.4) is 0 Å². The number of hydrogen-bond donors (Lipinski definition) is 0. The molecule has 1 amide bonds. The van der Waals surface area contributed by atoms with Gasteiger partial charge >= 0.3 is 0 Å². The van der Waals surface area contributed by atoms with Crippen molar-refractivity contribution in [3.05, 3.63) is 30.1 Å². The third-order valence-electron chi connectivity index (χ3n) is 4.75. The Kier molecular flexibility index (Phi) is 5.17. The highest BCUT2D eigenvalue weighted by molar-refractivity contribution is 7.88. The van der Waals surface area contributed by atoms with Gasteiger partial charge in [0.25, 0.3) is 0 Å². The Labute approximate surface area is 143 Å². The van der Waals surface area contributed by atoms with Crippen LogP contribution in [0.2, 0.25) is 0 Å². The molecule has 2 saturated heterocycles. The van der Waals surface area contributed by atoms with E-state index in [1.807, 2.05) is 17.0 Å². The maximum absolute atomic E-state index is 12.7. The molecule has 24 heavy (non-hydrogen) atoms. The van der Waals surface area contributed by atoms with Crippen molar-refractivity contribution in [1.82, 2.24) is 19.1 Å². The molecule has 8 heteroatoms. The molecular formula is C16H24N4O3S. The molecule has 3 heterocycles. The topological polar surface area (TPSA) is 73.8 Å². The van der Waals surface area contributed by atoms with Crippen LogP contribution in [0.4, 0.5) is 0 Å². The molecule has 1 aromatic heterocycles. The number of pyridine rings is 1. The van der Waals surface area contributed by atoms with E-state index in [2.05, 4.69) is 9.88 Å². The Morgan fingerprint density at radius 1 is 1.17 bits per heavy atom. The van der Waals surface area contributed by atoms with Gasteiger partial charge in [0, 0.05) is 51.7 Å². The molecular weight excluding hydrogens is 328 g/mol. The van der Waals surface area contributed by atoms with Gasteiger partial charge in [-0.3, -0.25) is 14.7 Å². The van der Waals surface area contributed by atoms with Crippen LogP contribution >= 0.6 is 0 Å². The van der Waals surface area contributed by atoms with Crippen LogP contribution in [0, 0.1) is 0 Å². The first-order valence-corrected chi connectivity index (χ1v) is 10.2. The van der Waals surface area contributed by atoms with E-state index < -0.39 is 16.1 Å². The Bertz CT molecular complexity index is 672. The van der Waals surface area contributed by atoms with Crippen LogP contribution in [-0.2, 0) is 21.4 Å². The van der Waals surface area contributed by atoms with Crippen LogP contribution in [0.15, 0.2) is 24.5 Å². The van der Waals surface area contributed by atoms with Gasteiger partial charge in [0.2, 0.25) is 15.9 Å². The van der Waals surface area contributed by atoms with Gasteiger partial charge in [-0.15, -0.1) is 0 Å². The quantitative estimate of drug-likeness (QED) is 0.771. The van der Waals surface area contributed by atoms with E-state index in [9.17, 15) is 13.2 Å². The highest BCUT2D eigenvalue weighted by atomic mass is 32.2. The summed E-state index contributed by atoms with van der Waals surface area (Å²) < 4.78 is 25.0. The first kappa shape index (κ1) is 17.3. The van der Waals surface area contributed by atoms with Crippen LogP contribution in [0.5, 0.6) is 0 Å². The number of hydrogen-bond acceptors (Lipinski definition) is 5. The molecule has 0 radical (unpaired) electrons. The fourth-order valence-electron chi connectivity index (χ4n) is 3.47. The molecule has 7 nitrogen and oxygen atoms in total. The molecule has 0 aliphatic carbocycles. The molecule has 1 atom stereocenters. The molecule has 1 unspecified atom stereocenters. The largest absolute Gasteiger partial charge is 0.339 e. The fraction of sp³-hybridized carbons (Fsp3) is 0.625. The number of carbonyl (C=O) groups is 1. The highest BCUT2D eigenvalue weighted by Gasteiger charge is 2.39. The second kappa shape index (κ2) is 7.16. The predicted octanol–water partition coefficient (Wildman–Crippen LogP) is 0.150. The average Bonchev–Trinajstić information content (AvgIpc) is 3.06. The van der Waals surface area contributed by atoms with E-state index in [4.69, 9.17) is 0 Å². The molecule has 0 saturated carbocycles. The Morgan fingerprint density at radius 3 is 2.46 bits per heavy atom. The predicted molar refractivity (Wildman–Crippen MR) is 90.7 cm³/mol. The molecule has 2 aliphatic heterocycles. The number of rotatable bonds is 4. The lowest BCUT2D eigenvalue weighted by Gasteiger charge is -2.37. The lowest BCUT2D eigenvalue weighted by Crippen LogP contribution is -2.54.